The second-order valence-electron chi connectivity index (χ2n) is 5.68. The Bertz CT molecular complexity index is 1100. The molecule has 0 saturated heterocycles. The molecule has 3 aromatic heterocycles. The molecule has 26 heavy (non-hydrogen) atoms. The number of carbonyl (C=O) groups excluding carboxylic acids is 1. The lowest BCUT2D eigenvalue weighted by Crippen LogP contribution is -2.24. The quantitative estimate of drug-likeness (QED) is 0.322. The first kappa shape index (κ1) is 16.4. The van der Waals surface area contributed by atoms with Crippen molar-refractivity contribution < 1.29 is 9.21 Å². The van der Waals surface area contributed by atoms with Crippen molar-refractivity contribution >= 4 is 28.4 Å². The van der Waals surface area contributed by atoms with E-state index in [9.17, 15) is 9.59 Å². The van der Waals surface area contributed by atoms with E-state index in [4.69, 9.17) is 4.42 Å². The summed E-state index contributed by atoms with van der Waals surface area (Å²) in [7, 11) is 0. The molecule has 0 aliphatic carbocycles. The van der Waals surface area contributed by atoms with E-state index in [0.29, 0.717) is 27.5 Å². The van der Waals surface area contributed by atoms with Crippen molar-refractivity contribution in [3.05, 3.63) is 82.8 Å². The molecule has 0 bridgehead atoms. The summed E-state index contributed by atoms with van der Waals surface area (Å²) in [5.41, 5.74) is 1.00. The number of hydrogen-bond donors (Lipinski definition) is 1. The lowest BCUT2D eigenvalue weighted by Gasteiger charge is -2.11. The number of hydrogen-bond acceptors (Lipinski definition) is 5. The van der Waals surface area contributed by atoms with Crippen LogP contribution in [-0.2, 0) is 6.54 Å². The first-order chi connectivity index (χ1) is 12.7. The van der Waals surface area contributed by atoms with Crippen LogP contribution < -0.4 is 5.56 Å². The van der Waals surface area contributed by atoms with E-state index in [1.807, 2.05) is 12.1 Å². The Labute approximate surface area is 152 Å². The zero-order chi connectivity index (χ0) is 17.9. The predicted octanol–water partition coefficient (Wildman–Crippen LogP) is 3.34. The second-order valence-corrected chi connectivity index (χ2v) is 6.62. The highest BCUT2D eigenvalue weighted by atomic mass is 32.2. The van der Waals surface area contributed by atoms with Crippen LogP contribution in [0.4, 0.5) is 0 Å². The van der Waals surface area contributed by atoms with Crippen LogP contribution >= 0.6 is 11.8 Å². The van der Waals surface area contributed by atoms with E-state index in [-0.39, 0.29) is 23.6 Å². The van der Waals surface area contributed by atoms with E-state index >= 15 is 0 Å². The topological polar surface area (TPSA) is 80.9 Å². The molecule has 4 rings (SSSR count). The Morgan fingerprint density at radius 2 is 2.04 bits per heavy atom. The summed E-state index contributed by atoms with van der Waals surface area (Å²) in [6.07, 6.45) is 3.27. The number of Topliss-reactive ketones (excluding diaryl/α,β-unsaturated/α-hetero) is 1. The molecule has 0 spiro atoms. The van der Waals surface area contributed by atoms with Gasteiger partial charge >= 0.3 is 0 Å². The van der Waals surface area contributed by atoms with E-state index < -0.39 is 0 Å². The van der Waals surface area contributed by atoms with Gasteiger partial charge in [-0.15, -0.1) is 0 Å². The highest BCUT2D eigenvalue weighted by Gasteiger charge is 2.15. The van der Waals surface area contributed by atoms with E-state index in [0.717, 1.165) is 0 Å². The maximum atomic E-state index is 12.9. The molecule has 0 atom stereocenters. The van der Waals surface area contributed by atoms with Gasteiger partial charge in [0.05, 0.1) is 35.2 Å². The molecule has 1 N–H and O–H groups in total. The monoisotopic (exact) mass is 365 g/mol. The van der Waals surface area contributed by atoms with Crippen molar-refractivity contribution in [1.82, 2.24) is 14.5 Å². The number of ketones is 1. The summed E-state index contributed by atoms with van der Waals surface area (Å²) in [5.74, 6) is 0.789. The van der Waals surface area contributed by atoms with Crippen molar-refractivity contribution in [3.8, 4) is 0 Å². The van der Waals surface area contributed by atoms with Gasteiger partial charge in [0.2, 0.25) is 0 Å². The van der Waals surface area contributed by atoms with Gasteiger partial charge in [0, 0.05) is 6.20 Å². The highest BCUT2D eigenvalue weighted by Crippen LogP contribution is 2.20. The molecule has 4 aromatic rings. The Morgan fingerprint density at radius 1 is 1.15 bits per heavy atom. The van der Waals surface area contributed by atoms with E-state index in [1.165, 1.54) is 11.8 Å². The van der Waals surface area contributed by atoms with Gasteiger partial charge in [-0.2, -0.15) is 0 Å². The fourth-order valence-corrected chi connectivity index (χ4v) is 3.55. The Kier molecular flexibility index (Phi) is 4.45. The zero-order valence-corrected chi connectivity index (χ0v) is 14.5. The zero-order valence-electron chi connectivity index (χ0n) is 13.7. The van der Waals surface area contributed by atoms with Gasteiger partial charge in [0.25, 0.3) is 5.56 Å². The number of H-pyrrole nitrogens is 1. The number of aromatic nitrogens is 3. The van der Waals surface area contributed by atoms with Gasteiger partial charge < -0.3 is 9.40 Å². The van der Waals surface area contributed by atoms with Crippen molar-refractivity contribution in [2.24, 2.45) is 0 Å². The van der Waals surface area contributed by atoms with Crippen LogP contribution in [0.3, 0.4) is 0 Å². The van der Waals surface area contributed by atoms with Gasteiger partial charge in [0.15, 0.2) is 10.9 Å². The maximum absolute atomic E-state index is 12.9. The second kappa shape index (κ2) is 7.05. The SMILES string of the molecule is O=C(CSc1nc2ccccc2c(=O)n1Cc1ccco1)c1ccc[nH]1. The molecule has 3 heterocycles. The van der Waals surface area contributed by atoms with Crippen LogP contribution in [0.15, 0.2) is 75.4 Å². The summed E-state index contributed by atoms with van der Waals surface area (Å²) < 4.78 is 6.92. The molecule has 0 unspecified atom stereocenters. The Balaban J connectivity index is 1.71. The van der Waals surface area contributed by atoms with Gasteiger partial charge in [-0.1, -0.05) is 23.9 Å². The molecule has 7 heteroatoms. The smallest absolute Gasteiger partial charge is 0.262 e. The number of benzene rings is 1. The van der Waals surface area contributed by atoms with Crippen LogP contribution in [0.2, 0.25) is 0 Å². The number of para-hydroxylation sites is 1. The lowest BCUT2D eigenvalue weighted by molar-refractivity contribution is 0.101. The fourth-order valence-electron chi connectivity index (χ4n) is 2.67. The summed E-state index contributed by atoms with van der Waals surface area (Å²) in [6, 6.07) is 14.3. The third kappa shape index (κ3) is 3.21. The average molecular weight is 365 g/mol. The Morgan fingerprint density at radius 3 is 2.81 bits per heavy atom. The minimum absolute atomic E-state index is 0.0491. The summed E-state index contributed by atoms with van der Waals surface area (Å²) >= 11 is 1.24. The lowest BCUT2D eigenvalue weighted by atomic mass is 10.2. The number of thioether (sulfide) groups is 1. The number of nitrogens with one attached hydrogen (secondary N) is 1. The van der Waals surface area contributed by atoms with Crippen molar-refractivity contribution in [1.29, 1.82) is 0 Å². The summed E-state index contributed by atoms with van der Waals surface area (Å²) in [5, 5.41) is 1.03. The standard InChI is InChI=1S/C19H15N3O3S/c23-17(16-8-3-9-20-16)12-26-19-21-15-7-2-1-6-14(15)18(24)22(19)11-13-5-4-10-25-13/h1-10,20H,11-12H2. The largest absolute Gasteiger partial charge is 0.467 e. The molecule has 0 aliphatic rings. The number of aromatic amines is 1. The Hall–Kier alpha value is -3.06. The summed E-state index contributed by atoms with van der Waals surface area (Å²) in [4.78, 5) is 32.7. The van der Waals surface area contributed by atoms with E-state index in [2.05, 4.69) is 9.97 Å². The normalized spacial score (nSPS) is 11.1. The van der Waals surface area contributed by atoms with Gasteiger partial charge in [-0.05, 0) is 36.4 Å². The predicted molar refractivity (Wildman–Crippen MR) is 99.7 cm³/mol. The summed E-state index contributed by atoms with van der Waals surface area (Å²) in [6.45, 7) is 0.267. The third-order valence-electron chi connectivity index (χ3n) is 3.95. The fraction of sp³-hybridized carbons (Fsp3) is 0.105. The molecular weight excluding hydrogens is 350 g/mol. The molecule has 0 radical (unpaired) electrons. The van der Waals surface area contributed by atoms with Crippen LogP contribution in [0, 0.1) is 0 Å². The van der Waals surface area contributed by atoms with Crippen LogP contribution in [0.5, 0.6) is 0 Å². The molecule has 0 fully saturated rings. The number of fused-ring (bicyclic) bond motifs is 1. The van der Waals surface area contributed by atoms with Crippen LogP contribution in [0.1, 0.15) is 16.2 Å². The average Bonchev–Trinajstić information content (AvgIpc) is 3.36. The molecule has 0 aliphatic heterocycles. The van der Waals surface area contributed by atoms with Gasteiger partial charge in [-0.25, -0.2) is 4.98 Å². The highest BCUT2D eigenvalue weighted by molar-refractivity contribution is 7.99. The first-order valence-corrected chi connectivity index (χ1v) is 9.02. The first-order valence-electron chi connectivity index (χ1n) is 8.04. The molecule has 0 saturated carbocycles. The molecular formula is C19H15N3O3S. The van der Waals surface area contributed by atoms with Gasteiger partial charge in [0.1, 0.15) is 5.76 Å². The number of furan rings is 1. The molecule has 130 valence electrons. The van der Waals surface area contributed by atoms with E-state index in [1.54, 1.807) is 53.4 Å². The minimum atomic E-state index is -0.151. The van der Waals surface area contributed by atoms with Crippen molar-refractivity contribution in [2.45, 2.75) is 11.7 Å². The number of carbonyl (C=O) groups is 1. The van der Waals surface area contributed by atoms with Crippen molar-refractivity contribution in [3.63, 3.8) is 0 Å². The van der Waals surface area contributed by atoms with Gasteiger partial charge in [-0.3, -0.25) is 14.2 Å². The molecule has 6 nitrogen and oxygen atoms in total. The number of rotatable bonds is 6. The maximum Gasteiger partial charge on any atom is 0.262 e. The van der Waals surface area contributed by atoms with Crippen molar-refractivity contribution in [2.75, 3.05) is 5.75 Å². The third-order valence-corrected chi connectivity index (χ3v) is 4.93. The minimum Gasteiger partial charge on any atom is -0.467 e. The van der Waals surface area contributed by atoms with Crippen LogP contribution in [0.25, 0.3) is 10.9 Å². The van der Waals surface area contributed by atoms with Crippen LogP contribution in [-0.4, -0.2) is 26.1 Å². The number of nitrogens with zero attached hydrogens (tertiary/aromatic N) is 2. The molecule has 1 aromatic carbocycles. The molecule has 0 amide bonds.